The van der Waals surface area contributed by atoms with Gasteiger partial charge in [-0.25, -0.2) is 9.79 Å². The van der Waals surface area contributed by atoms with Crippen molar-refractivity contribution in [3.8, 4) is 0 Å². The van der Waals surface area contributed by atoms with E-state index >= 15 is 0 Å². The largest absolute Gasteiger partial charge is 0.415 e. The van der Waals surface area contributed by atoms with Gasteiger partial charge in [-0.2, -0.15) is 0 Å². The van der Waals surface area contributed by atoms with Crippen molar-refractivity contribution in [3.63, 3.8) is 0 Å². The van der Waals surface area contributed by atoms with Crippen LogP contribution in [-0.2, 0) is 9.22 Å². The molecule has 1 saturated heterocycles. The normalized spacial score (nSPS) is 29.3. The molecule has 1 atom stereocenters. The highest BCUT2D eigenvalue weighted by Gasteiger charge is 2.47. The Balaban J connectivity index is 2.63. The van der Waals surface area contributed by atoms with Crippen LogP contribution in [0.2, 0.25) is 32.2 Å². The summed E-state index contributed by atoms with van der Waals surface area (Å²) in [6.07, 6.45) is 2.83. The highest BCUT2D eigenvalue weighted by Crippen LogP contribution is 2.33. The third-order valence-electron chi connectivity index (χ3n) is 3.54. The Morgan fingerprint density at radius 1 is 1.43 bits per heavy atom. The van der Waals surface area contributed by atoms with E-state index in [9.17, 15) is 4.79 Å². The molecule has 1 unspecified atom stereocenters. The third kappa shape index (κ3) is 2.42. The number of carbonyl (C=O) groups excluding carboxylic acids is 1. The van der Waals surface area contributed by atoms with Gasteiger partial charge in [-0.1, -0.05) is 19.1 Å². The fourth-order valence-electron chi connectivity index (χ4n) is 1.73. The highest BCUT2D eigenvalue weighted by molar-refractivity contribution is 7.38. The van der Waals surface area contributed by atoms with E-state index in [1.54, 1.807) is 6.08 Å². The van der Waals surface area contributed by atoms with Crippen LogP contribution in [0.15, 0.2) is 4.99 Å². The van der Waals surface area contributed by atoms with Gasteiger partial charge in [-0.3, -0.25) is 0 Å². The summed E-state index contributed by atoms with van der Waals surface area (Å²) < 4.78 is 6.12. The molecule has 0 aromatic heterocycles. The Kier molecular flexibility index (Phi) is 3.47. The predicted octanol–water partition coefficient (Wildman–Crippen LogP) is 2.10. The molecule has 0 spiro atoms. The monoisotopic (exact) mass is 229 g/mol. The number of aliphatic imine (C=N–C) groups is 1. The summed E-state index contributed by atoms with van der Waals surface area (Å²) in [5.41, 5.74) is 0. The molecular weight excluding hydrogens is 210 g/mol. The van der Waals surface area contributed by atoms with Crippen LogP contribution >= 0.6 is 0 Å². The molecule has 0 radical (unpaired) electrons. The van der Waals surface area contributed by atoms with Gasteiger partial charge in [0.1, 0.15) is 0 Å². The number of hydrogen-bond donors (Lipinski definition) is 0. The predicted molar refractivity (Wildman–Crippen MR) is 62.2 cm³/mol. The summed E-state index contributed by atoms with van der Waals surface area (Å²) >= 11 is 0. The number of hydrogen-bond acceptors (Lipinski definition) is 3. The second-order valence-electron chi connectivity index (χ2n) is 5.10. The Morgan fingerprint density at radius 2 is 2.07 bits per heavy atom. The molecule has 0 saturated carbocycles. The first kappa shape index (κ1) is 11.8. The van der Waals surface area contributed by atoms with Crippen molar-refractivity contribution >= 4 is 21.5 Å². The topological polar surface area (TPSA) is 38.7 Å². The van der Waals surface area contributed by atoms with E-state index in [0.29, 0.717) is 6.54 Å². The third-order valence-corrected chi connectivity index (χ3v) is 20.1. The van der Waals surface area contributed by atoms with Gasteiger partial charge in [0.25, 0.3) is 0 Å². The second kappa shape index (κ2) is 4.10. The first-order valence-electron chi connectivity index (χ1n) is 5.10. The van der Waals surface area contributed by atoms with Crippen LogP contribution in [0.3, 0.4) is 0 Å². The fourth-order valence-corrected chi connectivity index (χ4v) is 8.41. The fraction of sp³-hybridized carbons (Fsp3) is 0.889. The smallest absolute Gasteiger partial charge is 0.235 e. The lowest BCUT2D eigenvalue weighted by atomic mass is 10.3. The molecule has 1 aliphatic heterocycles. The summed E-state index contributed by atoms with van der Waals surface area (Å²) in [6.45, 7) is 9.94. The molecule has 0 bridgehead atoms. The van der Waals surface area contributed by atoms with Gasteiger partial charge in [0.15, 0.2) is 7.83 Å². The molecule has 80 valence electrons. The van der Waals surface area contributed by atoms with Crippen molar-refractivity contribution in [1.82, 2.24) is 0 Å². The lowest BCUT2D eigenvalue weighted by Crippen LogP contribution is -2.62. The van der Waals surface area contributed by atoms with E-state index in [4.69, 9.17) is 4.43 Å². The summed E-state index contributed by atoms with van der Waals surface area (Å²) in [5.74, 6) is 0. The van der Waals surface area contributed by atoms with Crippen LogP contribution in [0.5, 0.6) is 0 Å². The first-order chi connectivity index (χ1) is 6.39. The molecule has 0 aromatic carbocycles. The number of nitrogens with zero attached hydrogens (tertiary/aromatic N) is 1. The van der Waals surface area contributed by atoms with Gasteiger partial charge < -0.3 is 4.43 Å². The zero-order valence-electron chi connectivity index (χ0n) is 9.46. The molecule has 14 heavy (non-hydrogen) atoms. The molecule has 1 fully saturated rings. The van der Waals surface area contributed by atoms with Crippen molar-refractivity contribution in [3.05, 3.63) is 0 Å². The van der Waals surface area contributed by atoms with Gasteiger partial charge in [0, 0.05) is 0 Å². The molecule has 1 aliphatic rings. The summed E-state index contributed by atoms with van der Waals surface area (Å²) in [6, 6.07) is 1.31. The SMILES string of the molecule is C[Si]1(C)CCC(CN=C=O)O[Si]1(C)C. The summed E-state index contributed by atoms with van der Waals surface area (Å²) in [5, 5.41) is 0. The Labute approximate surface area is 87.5 Å². The summed E-state index contributed by atoms with van der Waals surface area (Å²) in [7, 11) is -2.60. The number of isocyanates is 1. The maximum absolute atomic E-state index is 10.0. The Hall–Kier alpha value is -0.226. The standard InChI is InChI=1S/C9H19NO2Si2/c1-13(2)6-5-9(7-10-8-11)12-14(13,3)4/h9H,5-7H2,1-4H3. The van der Waals surface area contributed by atoms with E-state index in [1.807, 2.05) is 0 Å². The molecule has 3 nitrogen and oxygen atoms in total. The van der Waals surface area contributed by atoms with Crippen molar-refractivity contribution in [1.29, 1.82) is 0 Å². The van der Waals surface area contributed by atoms with Crippen LogP contribution in [0, 0.1) is 0 Å². The van der Waals surface area contributed by atoms with E-state index in [1.165, 1.54) is 6.04 Å². The maximum atomic E-state index is 10.0. The van der Waals surface area contributed by atoms with Gasteiger partial charge >= 0.3 is 0 Å². The molecule has 5 heteroatoms. The van der Waals surface area contributed by atoms with Crippen LogP contribution in [0.4, 0.5) is 0 Å². The average molecular weight is 229 g/mol. The van der Waals surface area contributed by atoms with Gasteiger partial charge in [-0.15, -0.1) is 0 Å². The van der Waals surface area contributed by atoms with Crippen molar-refractivity contribution in [2.45, 2.75) is 44.8 Å². The Bertz CT molecular complexity index is 260. The van der Waals surface area contributed by atoms with Gasteiger partial charge in [-0.05, 0) is 19.5 Å². The van der Waals surface area contributed by atoms with Crippen molar-refractivity contribution in [2.24, 2.45) is 4.99 Å². The zero-order valence-corrected chi connectivity index (χ0v) is 11.5. The van der Waals surface area contributed by atoms with E-state index in [-0.39, 0.29) is 6.10 Å². The van der Waals surface area contributed by atoms with Crippen molar-refractivity contribution in [2.75, 3.05) is 6.54 Å². The minimum atomic E-state index is -1.48. The van der Waals surface area contributed by atoms with Crippen LogP contribution < -0.4 is 0 Å². The average Bonchev–Trinajstić information content (AvgIpc) is 2.07. The van der Waals surface area contributed by atoms with E-state index in [0.717, 1.165) is 6.42 Å². The lowest BCUT2D eigenvalue weighted by Gasteiger charge is -2.45. The molecule has 0 amide bonds. The van der Waals surface area contributed by atoms with Crippen LogP contribution in [-0.4, -0.2) is 34.2 Å². The number of rotatable bonds is 2. The molecule has 0 N–H and O–H groups in total. The Morgan fingerprint density at radius 3 is 2.57 bits per heavy atom. The molecule has 1 rings (SSSR count). The maximum Gasteiger partial charge on any atom is 0.235 e. The van der Waals surface area contributed by atoms with Gasteiger partial charge in [0.05, 0.1) is 20.2 Å². The van der Waals surface area contributed by atoms with E-state index in [2.05, 4.69) is 31.2 Å². The van der Waals surface area contributed by atoms with Gasteiger partial charge in [0.2, 0.25) is 6.08 Å². The molecule has 1 heterocycles. The minimum absolute atomic E-state index is 0.179. The first-order valence-corrected chi connectivity index (χ1v) is 12.2. The lowest BCUT2D eigenvalue weighted by molar-refractivity contribution is 0.194. The van der Waals surface area contributed by atoms with Crippen molar-refractivity contribution < 1.29 is 9.22 Å². The molecule has 0 aromatic rings. The highest BCUT2D eigenvalue weighted by atomic mass is 29.3. The zero-order chi connectivity index (χ0) is 10.8. The quantitative estimate of drug-likeness (QED) is 0.413. The summed E-state index contributed by atoms with van der Waals surface area (Å²) in [4.78, 5) is 13.6. The van der Waals surface area contributed by atoms with E-state index < -0.39 is 15.4 Å². The second-order valence-corrected chi connectivity index (χ2v) is 20.3. The molecule has 0 aliphatic carbocycles. The van der Waals surface area contributed by atoms with Crippen LogP contribution in [0.25, 0.3) is 0 Å². The minimum Gasteiger partial charge on any atom is -0.415 e. The molecular formula is C9H19NO2Si2. The van der Waals surface area contributed by atoms with Crippen LogP contribution in [0.1, 0.15) is 6.42 Å².